The SMILES string of the molecule is CCCC(CCC)Nc1ccc(=O)n(CCOC)c1. The maximum absolute atomic E-state index is 11.7. The number of anilines is 1. The Morgan fingerprint density at radius 2 is 1.95 bits per heavy atom. The van der Waals surface area contributed by atoms with Crippen LogP contribution < -0.4 is 10.9 Å². The van der Waals surface area contributed by atoms with E-state index >= 15 is 0 Å². The highest BCUT2D eigenvalue weighted by Gasteiger charge is 2.07. The van der Waals surface area contributed by atoms with Crippen molar-refractivity contribution in [1.82, 2.24) is 4.57 Å². The molecule has 1 N–H and O–H groups in total. The van der Waals surface area contributed by atoms with E-state index in [0.717, 1.165) is 18.5 Å². The number of aromatic nitrogens is 1. The molecule has 0 aromatic carbocycles. The van der Waals surface area contributed by atoms with Gasteiger partial charge in [-0.25, -0.2) is 0 Å². The molecule has 1 aromatic heterocycles. The van der Waals surface area contributed by atoms with Gasteiger partial charge in [-0.3, -0.25) is 4.79 Å². The summed E-state index contributed by atoms with van der Waals surface area (Å²) in [5.41, 5.74) is 1.03. The van der Waals surface area contributed by atoms with Crippen LogP contribution in [0.2, 0.25) is 0 Å². The third-order valence-electron chi connectivity index (χ3n) is 3.16. The lowest BCUT2D eigenvalue weighted by Gasteiger charge is -2.19. The molecule has 1 aromatic rings. The molecule has 1 rings (SSSR count). The van der Waals surface area contributed by atoms with Crippen LogP contribution in [0.1, 0.15) is 39.5 Å². The van der Waals surface area contributed by atoms with Crippen LogP contribution in [0.25, 0.3) is 0 Å². The van der Waals surface area contributed by atoms with E-state index in [-0.39, 0.29) is 5.56 Å². The van der Waals surface area contributed by atoms with Crippen LogP contribution in [-0.4, -0.2) is 24.3 Å². The number of ether oxygens (including phenoxy) is 1. The van der Waals surface area contributed by atoms with Crippen molar-refractivity contribution in [3.63, 3.8) is 0 Å². The third kappa shape index (κ3) is 5.47. The van der Waals surface area contributed by atoms with Crippen molar-refractivity contribution in [3.8, 4) is 0 Å². The van der Waals surface area contributed by atoms with Crippen LogP contribution in [-0.2, 0) is 11.3 Å². The molecule has 0 bridgehead atoms. The van der Waals surface area contributed by atoms with Crippen molar-refractivity contribution < 1.29 is 4.74 Å². The van der Waals surface area contributed by atoms with Crippen LogP contribution in [0, 0.1) is 0 Å². The third-order valence-corrected chi connectivity index (χ3v) is 3.16. The first-order valence-electron chi connectivity index (χ1n) is 7.17. The van der Waals surface area contributed by atoms with E-state index < -0.39 is 0 Å². The minimum absolute atomic E-state index is 0.0186. The Kier molecular flexibility index (Phi) is 7.26. The van der Waals surface area contributed by atoms with Gasteiger partial charge in [-0.05, 0) is 18.9 Å². The van der Waals surface area contributed by atoms with Crippen LogP contribution in [0.5, 0.6) is 0 Å². The summed E-state index contributed by atoms with van der Waals surface area (Å²) in [5, 5.41) is 3.52. The first kappa shape index (κ1) is 15.8. The monoisotopic (exact) mass is 266 g/mol. The highest BCUT2D eigenvalue weighted by molar-refractivity contribution is 5.41. The summed E-state index contributed by atoms with van der Waals surface area (Å²) in [7, 11) is 1.64. The zero-order chi connectivity index (χ0) is 14.1. The van der Waals surface area contributed by atoms with E-state index in [2.05, 4.69) is 19.2 Å². The summed E-state index contributed by atoms with van der Waals surface area (Å²) in [6.07, 6.45) is 6.54. The molecule has 0 unspecified atom stereocenters. The minimum Gasteiger partial charge on any atom is -0.383 e. The van der Waals surface area contributed by atoms with Gasteiger partial charge in [0.1, 0.15) is 0 Å². The molecular formula is C15H26N2O2. The van der Waals surface area contributed by atoms with Gasteiger partial charge in [0.15, 0.2) is 0 Å². The van der Waals surface area contributed by atoms with E-state index in [9.17, 15) is 4.79 Å². The molecule has 0 aliphatic carbocycles. The van der Waals surface area contributed by atoms with E-state index in [1.807, 2.05) is 12.3 Å². The number of hydrogen-bond donors (Lipinski definition) is 1. The van der Waals surface area contributed by atoms with E-state index in [0.29, 0.717) is 19.2 Å². The van der Waals surface area contributed by atoms with Gasteiger partial charge in [0.25, 0.3) is 5.56 Å². The van der Waals surface area contributed by atoms with E-state index in [1.165, 1.54) is 12.8 Å². The molecule has 108 valence electrons. The fraction of sp³-hybridized carbons (Fsp3) is 0.667. The Bertz CT molecular complexity index is 409. The molecule has 0 radical (unpaired) electrons. The summed E-state index contributed by atoms with van der Waals surface area (Å²) in [4.78, 5) is 11.7. The molecule has 0 aliphatic heterocycles. The fourth-order valence-corrected chi connectivity index (χ4v) is 2.20. The standard InChI is InChI=1S/C15H26N2O2/c1-4-6-13(7-5-2)16-14-8-9-15(18)17(12-14)10-11-19-3/h8-9,12-13,16H,4-7,10-11H2,1-3H3. The molecule has 0 aliphatic rings. The van der Waals surface area contributed by atoms with Gasteiger partial charge in [0.05, 0.1) is 12.3 Å². The second kappa shape index (κ2) is 8.75. The average Bonchev–Trinajstić information content (AvgIpc) is 2.40. The lowest BCUT2D eigenvalue weighted by Crippen LogP contribution is -2.24. The zero-order valence-corrected chi connectivity index (χ0v) is 12.3. The number of methoxy groups -OCH3 is 1. The van der Waals surface area contributed by atoms with Crippen molar-refractivity contribution in [3.05, 3.63) is 28.7 Å². The Labute approximate surface area is 115 Å². The summed E-state index contributed by atoms with van der Waals surface area (Å²) in [6, 6.07) is 3.97. The van der Waals surface area contributed by atoms with Crippen LogP contribution in [0.4, 0.5) is 5.69 Å². The van der Waals surface area contributed by atoms with Gasteiger partial charge in [-0.2, -0.15) is 0 Å². The Balaban J connectivity index is 2.73. The molecule has 4 nitrogen and oxygen atoms in total. The number of rotatable bonds is 9. The highest BCUT2D eigenvalue weighted by Crippen LogP contribution is 2.13. The summed E-state index contributed by atoms with van der Waals surface area (Å²) >= 11 is 0. The Hall–Kier alpha value is -1.29. The van der Waals surface area contributed by atoms with Gasteiger partial charge in [-0.15, -0.1) is 0 Å². The zero-order valence-electron chi connectivity index (χ0n) is 12.3. The topological polar surface area (TPSA) is 43.3 Å². The predicted octanol–water partition coefficient (Wildman–Crippen LogP) is 2.88. The van der Waals surface area contributed by atoms with Gasteiger partial charge in [0, 0.05) is 32.0 Å². The van der Waals surface area contributed by atoms with Crippen LogP contribution in [0.3, 0.4) is 0 Å². The summed E-state index contributed by atoms with van der Waals surface area (Å²) in [5.74, 6) is 0. The maximum atomic E-state index is 11.7. The second-order valence-corrected chi connectivity index (χ2v) is 4.86. The van der Waals surface area contributed by atoms with E-state index in [4.69, 9.17) is 4.74 Å². The lowest BCUT2D eigenvalue weighted by molar-refractivity contribution is 0.186. The van der Waals surface area contributed by atoms with Crippen molar-refractivity contribution in [2.45, 2.75) is 52.1 Å². The van der Waals surface area contributed by atoms with Gasteiger partial charge in [-0.1, -0.05) is 26.7 Å². The molecule has 0 spiro atoms. The Morgan fingerprint density at radius 1 is 1.26 bits per heavy atom. The second-order valence-electron chi connectivity index (χ2n) is 4.86. The maximum Gasteiger partial charge on any atom is 0.250 e. The Morgan fingerprint density at radius 3 is 2.53 bits per heavy atom. The lowest BCUT2D eigenvalue weighted by atomic mass is 10.1. The first-order chi connectivity index (χ1) is 9.21. The van der Waals surface area contributed by atoms with Crippen molar-refractivity contribution in [2.75, 3.05) is 19.0 Å². The van der Waals surface area contributed by atoms with Gasteiger partial charge >= 0.3 is 0 Å². The normalized spacial score (nSPS) is 10.9. The molecule has 1 heterocycles. The quantitative estimate of drug-likeness (QED) is 0.747. The minimum atomic E-state index is 0.0186. The number of nitrogens with zero attached hydrogens (tertiary/aromatic N) is 1. The molecule has 4 heteroatoms. The number of pyridine rings is 1. The number of nitrogens with one attached hydrogen (secondary N) is 1. The van der Waals surface area contributed by atoms with Crippen molar-refractivity contribution in [2.24, 2.45) is 0 Å². The molecule has 0 saturated heterocycles. The average molecular weight is 266 g/mol. The number of hydrogen-bond acceptors (Lipinski definition) is 3. The molecule has 0 amide bonds. The fourth-order valence-electron chi connectivity index (χ4n) is 2.20. The first-order valence-corrected chi connectivity index (χ1v) is 7.17. The molecule has 0 atom stereocenters. The van der Waals surface area contributed by atoms with Crippen molar-refractivity contribution in [1.29, 1.82) is 0 Å². The molecular weight excluding hydrogens is 240 g/mol. The van der Waals surface area contributed by atoms with Gasteiger partial charge in [0.2, 0.25) is 0 Å². The summed E-state index contributed by atoms with van der Waals surface area (Å²) in [6.45, 7) is 5.54. The summed E-state index contributed by atoms with van der Waals surface area (Å²) < 4.78 is 6.71. The van der Waals surface area contributed by atoms with Crippen LogP contribution >= 0.6 is 0 Å². The van der Waals surface area contributed by atoms with E-state index in [1.54, 1.807) is 17.7 Å². The largest absolute Gasteiger partial charge is 0.383 e. The molecule has 0 fully saturated rings. The van der Waals surface area contributed by atoms with Gasteiger partial charge < -0.3 is 14.6 Å². The predicted molar refractivity (Wildman–Crippen MR) is 79.8 cm³/mol. The molecule has 0 saturated carbocycles. The van der Waals surface area contributed by atoms with Crippen LogP contribution in [0.15, 0.2) is 23.1 Å². The van der Waals surface area contributed by atoms with Crippen molar-refractivity contribution >= 4 is 5.69 Å². The smallest absolute Gasteiger partial charge is 0.250 e. The molecule has 19 heavy (non-hydrogen) atoms. The highest BCUT2D eigenvalue weighted by atomic mass is 16.5.